The van der Waals surface area contributed by atoms with E-state index in [0.717, 1.165) is 11.5 Å². The predicted molar refractivity (Wildman–Crippen MR) is 65.3 cm³/mol. The topological polar surface area (TPSA) is 106 Å². The van der Waals surface area contributed by atoms with E-state index in [-0.39, 0.29) is 12.3 Å². The lowest BCUT2D eigenvalue weighted by molar-refractivity contribution is 0.0948. The van der Waals surface area contributed by atoms with Crippen LogP contribution in [0.5, 0.6) is 0 Å². The van der Waals surface area contributed by atoms with Crippen LogP contribution in [-0.2, 0) is 6.54 Å². The summed E-state index contributed by atoms with van der Waals surface area (Å²) in [7, 11) is 0. The number of rotatable bonds is 7. The second-order valence-electron chi connectivity index (χ2n) is 3.70. The van der Waals surface area contributed by atoms with Crippen LogP contribution in [0.4, 0.5) is 0 Å². The third-order valence-corrected chi connectivity index (χ3v) is 3.36. The number of aliphatic hydroxyl groups is 1. The molecule has 1 amide bonds. The first kappa shape index (κ1) is 13.9. The van der Waals surface area contributed by atoms with Gasteiger partial charge < -0.3 is 5.11 Å². The average molecular weight is 259 g/mol. The van der Waals surface area contributed by atoms with E-state index in [4.69, 9.17) is 10.9 Å². The Bertz CT molecular complexity index is 357. The van der Waals surface area contributed by atoms with Crippen LogP contribution in [0.1, 0.15) is 17.4 Å². The number of amides is 1. The molecule has 1 atom stereocenters. The number of carbonyl (C=O) groups is 1. The van der Waals surface area contributed by atoms with E-state index in [1.807, 2.05) is 12.3 Å². The molecule has 0 aromatic carbocycles. The summed E-state index contributed by atoms with van der Waals surface area (Å²) in [6.07, 6.45) is 1.55. The highest BCUT2D eigenvalue weighted by molar-refractivity contribution is 7.99. The molecule has 4 N–H and O–H groups in total. The lowest BCUT2D eigenvalue weighted by Crippen LogP contribution is -2.30. The van der Waals surface area contributed by atoms with Crippen LogP contribution in [0.3, 0.4) is 0 Å². The number of nitrogens with one attached hydrogen (secondary N) is 1. The Morgan fingerprint density at radius 2 is 2.53 bits per heavy atom. The van der Waals surface area contributed by atoms with Gasteiger partial charge in [-0.1, -0.05) is 12.1 Å². The zero-order chi connectivity index (χ0) is 12.7. The minimum atomic E-state index is -0.446. The SMILES string of the molecule is CC(CO)CSCCn1cc(C(=O)NN)nn1. The van der Waals surface area contributed by atoms with Gasteiger partial charge >= 0.3 is 0 Å². The van der Waals surface area contributed by atoms with Gasteiger partial charge in [-0.3, -0.25) is 14.9 Å². The van der Waals surface area contributed by atoms with E-state index in [9.17, 15) is 4.79 Å². The molecular weight excluding hydrogens is 242 g/mol. The zero-order valence-electron chi connectivity index (χ0n) is 9.67. The maximum atomic E-state index is 11.1. The van der Waals surface area contributed by atoms with Crippen molar-refractivity contribution in [1.29, 1.82) is 0 Å². The second kappa shape index (κ2) is 7.25. The molecule has 17 heavy (non-hydrogen) atoms. The van der Waals surface area contributed by atoms with Gasteiger partial charge in [0.25, 0.3) is 5.91 Å². The number of nitrogens with two attached hydrogens (primary N) is 1. The van der Waals surface area contributed by atoms with Gasteiger partial charge in [-0.2, -0.15) is 11.8 Å². The molecule has 0 aliphatic carbocycles. The quantitative estimate of drug-likeness (QED) is 0.257. The van der Waals surface area contributed by atoms with Gasteiger partial charge in [0.05, 0.1) is 12.7 Å². The lowest BCUT2D eigenvalue weighted by atomic mass is 10.2. The number of aromatic nitrogens is 3. The molecule has 7 nitrogen and oxygen atoms in total. The van der Waals surface area contributed by atoms with Gasteiger partial charge in [-0.15, -0.1) is 5.10 Å². The summed E-state index contributed by atoms with van der Waals surface area (Å²) in [5.41, 5.74) is 2.21. The number of aryl methyl sites for hydroxylation is 1. The smallest absolute Gasteiger partial charge is 0.287 e. The third-order valence-electron chi connectivity index (χ3n) is 2.08. The van der Waals surface area contributed by atoms with E-state index in [2.05, 4.69) is 10.3 Å². The van der Waals surface area contributed by atoms with Gasteiger partial charge in [-0.25, -0.2) is 5.84 Å². The number of nitrogen functional groups attached to an aromatic ring is 1. The Balaban J connectivity index is 2.28. The van der Waals surface area contributed by atoms with Gasteiger partial charge in [0.2, 0.25) is 0 Å². The molecule has 1 aromatic heterocycles. The summed E-state index contributed by atoms with van der Waals surface area (Å²) in [6.45, 7) is 2.87. The van der Waals surface area contributed by atoms with Crippen molar-refractivity contribution in [2.45, 2.75) is 13.5 Å². The highest BCUT2D eigenvalue weighted by atomic mass is 32.2. The number of hydrogen-bond acceptors (Lipinski definition) is 6. The Hall–Kier alpha value is -1.12. The molecule has 0 saturated heterocycles. The molecule has 0 aliphatic heterocycles. The van der Waals surface area contributed by atoms with Gasteiger partial charge in [0, 0.05) is 12.4 Å². The second-order valence-corrected chi connectivity index (χ2v) is 4.85. The number of hydrazine groups is 1. The largest absolute Gasteiger partial charge is 0.396 e. The molecule has 1 heterocycles. The van der Waals surface area contributed by atoms with Crippen LogP contribution in [0.15, 0.2) is 6.20 Å². The molecule has 0 aliphatic rings. The first-order valence-electron chi connectivity index (χ1n) is 5.27. The Kier molecular flexibility index (Phi) is 5.95. The molecular formula is C9H17N5O2S. The molecule has 0 bridgehead atoms. The van der Waals surface area contributed by atoms with E-state index in [0.29, 0.717) is 12.5 Å². The molecule has 1 aromatic rings. The minimum absolute atomic E-state index is 0.206. The molecule has 0 fully saturated rings. The first-order valence-corrected chi connectivity index (χ1v) is 6.42. The Morgan fingerprint density at radius 1 is 1.76 bits per heavy atom. The summed E-state index contributed by atoms with van der Waals surface area (Å²) in [5, 5.41) is 16.3. The number of aliphatic hydroxyl groups excluding tert-OH is 1. The fourth-order valence-electron chi connectivity index (χ4n) is 1.08. The van der Waals surface area contributed by atoms with Crippen LogP contribution < -0.4 is 11.3 Å². The van der Waals surface area contributed by atoms with Crippen molar-refractivity contribution in [3.8, 4) is 0 Å². The number of carbonyl (C=O) groups excluding carboxylic acids is 1. The fourth-order valence-corrected chi connectivity index (χ4v) is 2.07. The van der Waals surface area contributed by atoms with Crippen LogP contribution in [-0.4, -0.2) is 44.1 Å². The summed E-state index contributed by atoms with van der Waals surface area (Å²) in [6, 6.07) is 0. The summed E-state index contributed by atoms with van der Waals surface area (Å²) >= 11 is 1.73. The molecule has 0 saturated carbocycles. The highest BCUT2D eigenvalue weighted by Gasteiger charge is 2.08. The third kappa shape index (κ3) is 4.72. The van der Waals surface area contributed by atoms with E-state index < -0.39 is 5.91 Å². The maximum Gasteiger partial charge on any atom is 0.287 e. The van der Waals surface area contributed by atoms with Crippen LogP contribution in [0.2, 0.25) is 0 Å². The van der Waals surface area contributed by atoms with Crippen molar-refractivity contribution in [2.24, 2.45) is 11.8 Å². The van der Waals surface area contributed by atoms with Crippen molar-refractivity contribution in [2.75, 3.05) is 18.1 Å². The normalized spacial score (nSPS) is 12.4. The number of hydrogen-bond donors (Lipinski definition) is 3. The Labute approximate surface area is 104 Å². The monoisotopic (exact) mass is 259 g/mol. The first-order chi connectivity index (χ1) is 8.17. The van der Waals surface area contributed by atoms with Crippen LogP contribution in [0, 0.1) is 5.92 Å². The summed E-state index contributed by atoms with van der Waals surface area (Å²) in [4.78, 5) is 11.1. The van der Waals surface area contributed by atoms with E-state index in [1.54, 1.807) is 22.6 Å². The van der Waals surface area contributed by atoms with Crippen LogP contribution in [0.25, 0.3) is 0 Å². The van der Waals surface area contributed by atoms with Gasteiger partial charge in [-0.05, 0) is 11.7 Å². The molecule has 96 valence electrons. The van der Waals surface area contributed by atoms with E-state index in [1.165, 1.54) is 0 Å². The predicted octanol–water partition coefficient (Wildman–Crippen LogP) is -0.757. The molecule has 1 unspecified atom stereocenters. The molecule has 1 rings (SSSR count). The summed E-state index contributed by atoms with van der Waals surface area (Å²) in [5.74, 6) is 6.60. The standard InChI is InChI=1S/C9H17N5O2S/c1-7(5-15)6-17-3-2-14-4-8(12-13-14)9(16)11-10/h4,7,15H,2-3,5-6,10H2,1H3,(H,11,16). The van der Waals surface area contributed by atoms with Crippen LogP contribution >= 0.6 is 11.8 Å². The lowest BCUT2D eigenvalue weighted by Gasteiger charge is -2.06. The van der Waals surface area contributed by atoms with Crippen molar-refractivity contribution in [3.05, 3.63) is 11.9 Å². The number of nitrogens with zero attached hydrogens (tertiary/aromatic N) is 3. The minimum Gasteiger partial charge on any atom is -0.396 e. The van der Waals surface area contributed by atoms with Gasteiger partial charge in [0.15, 0.2) is 5.69 Å². The van der Waals surface area contributed by atoms with Crippen molar-refractivity contribution in [1.82, 2.24) is 20.4 Å². The van der Waals surface area contributed by atoms with Crippen molar-refractivity contribution in [3.63, 3.8) is 0 Å². The fraction of sp³-hybridized carbons (Fsp3) is 0.667. The maximum absolute atomic E-state index is 11.1. The van der Waals surface area contributed by atoms with Crippen molar-refractivity contribution < 1.29 is 9.90 Å². The number of thioether (sulfide) groups is 1. The Morgan fingerprint density at radius 3 is 3.18 bits per heavy atom. The highest BCUT2D eigenvalue weighted by Crippen LogP contribution is 2.08. The zero-order valence-corrected chi connectivity index (χ0v) is 10.5. The van der Waals surface area contributed by atoms with Gasteiger partial charge in [0.1, 0.15) is 0 Å². The summed E-state index contributed by atoms with van der Waals surface area (Å²) < 4.78 is 1.60. The molecule has 8 heteroatoms. The average Bonchev–Trinajstić information content (AvgIpc) is 2.82. The van der Waals surface area contributed by atoms with E-state index >= 15 is 0 Å². The molecule has 0 spiro atoms. The molecule has 0 radical (unpaired) electrons. The van der Waals surface area contributed by atoms with Crippen molar-refractivity contribution >= 4 is 17.7 Å².